The first-order chi connectivity index (χ1) is 11.5. The molecule has 132 valence electrons. The van der Waals surface area contributed by atoms with Gasteiger partial charge in [-0.25, -0.2) is 4.39 Å². The number of carbonyl (C=O) groups excluding carboxylic acids is 2. The van der Waals surface area contributed by atoms with E-state index >= 15 is 0 Å². The zero-order valence-corrected chi connectivity index (χ0v) is 14.3. The van der Waals surface area contributed by atoms with E-state index in [1.54, 1.807) is 19.1 Å². The van der Waals surface area contributed by atoms with E-state index in [2.05, 4.69) is 5.32 Å². The van der Waals surface area contributed by atoms with Crippen LogP contribution in [0.25, 0.3) is 0 Å². The molecule has 1 saturated heterocycles. The Labute approximate surface area is 142 Å². The third-order valence-corrected chi connectivity index (χ3v) is 4.56. The number of rotatable bonds is 6. The molecule has 5 nitrogen and oxygen atoms in total. The number of carbonyl (C=O) groups is 2. The quantitative estimate of drug-likeness (QED) is 0.751. The van der Waals surface area contributed by atoms with Gasteiger partial charge >= 0.3 is 5.97 Å². The van der Waals surface area contributed by atoms with Gasteiger partial charge in [-0.2, -0.15) is 0 Å². The molecule has 1 unspecified atom stereocenters. The van der Waals surface area contributed by atoms with E-state index < -0.39 is 0 Å². The predicted octanol–water partition coefficient (Wildman–Crippen LogP) is 0.688. The Morgan fingerprint density at radius 2 is 2.08 bits per heavy atom. The fourth-order valence-electron chi connectivity index (χ4n) is 3.08. The number of hydrogen-bond acceptors (Lipinski definition) is 3. The molecular weight excluding hydrogens is 311 g/mol. The maximum atomic E-state index is 12.9. The first-order valence-electron chi connectivity index (χ1n) is 8.54. The van der Waals surface area contributed by atoms with Gasteiger partial charge in [-0.1, -0.05) is 12.1 Å². The molecule has 1 aliphatic heterocycles. The Bertz CT molecular complexity index is 562. The smallest absolute Gasteiger partial charge is 0.314 e. The summed E-state index contributed by atoms with van der Waals surface area (Å²) in [5.41, 5.74) is 0.856. The summed E-state index contributed by atoms with van der Waals surface area (Å²) in [6.45, 7) is 5.95. The van der Waals surface area contributed by atoms with Gasteiger partial charge in [0.1, 0.15) is 11.7 Å². The van der Waals surface area contributed by atoms with Crippen LogP contribution in [0.3, 0.4) is 0 Å². The van der Waals surface area contributed by atoms with Crippen LogP contribution in [0.5, 0.6) is 0 Å². The van der Waals surface area contributed by atoms with Crippen molar-refractivity contribution >= 4 is 11.9 Å². The number of hydrogen-bond donors (Lipinski definition) is 2. The lowest BCUT2D eigenvalue weighted by Gasteiger charge is -2.32. The van der Waals surface area contributed by atoms with Crippen molar-refractivity contribution < 1.29 is 23.6 Å². The molecule has 24 heavy (non-hydrogen) atoms. The molecule has 0 bridgehead atoms. The highest BCUT2D eigenvalue weighted by Gasteiger charge is 2.34. The zero-order chi connectivity index (χ0) is 17.5. The predicted molar refractivity (Wildman–Crippen MR) is 87.8 cm³/mol. The molecule has 1 fully saturated rings. The molecule has 2 N–H and O–H groups in total. The van der Waals surface area contributed by atoms with Crippen molar-refractivity contribution in [2.45, 2.75) is 39.3 Å². The molecule has 0 aliphatic carbocycles. The molecule has 6 heteroatoms. The van der Waals surface area contributed by atoms with E-state index in [4.69, 9.17) is 4.74 Å². The van der Waals surface area contributed by atoms with Gasteiger partial charge in [0, 0.05) is 6.54 Å². The monoisotopic (exact) mass is 337 g/mol. The van der Waals surface area contributed by atoms with Crippen molar-refractivity contribution in [1.82, 2.24) is 5.32 Å². The van der Waals surface area contributed by atoms with Gasteiger partial charge in [-0.3, -0.25) is 9.59 Å². The average molecular weight is 337 g/mol. The van der Waals surface area contributed by atoms with Gasteiger partial charge < -0.3 is 15.0 Å². The van der Waals surface area contributed by atoms with E-state index in [0.29, 0.717) is 19.7 Å². The van der Waals surface area contributed by atoms with Crippen LogP contribution in [0.2, 0.25) is 0 Å². The van der Waals surface area contributed by atoms with Crippen molar-refractivity contribution in [1.29, 1.82) is 0 Å². The first-order valence-corrected chi connectivity index (χ1v) is 8.54. The molecule has 1 aromatic carbocycles. The lowest BCUT2D eigenvalue weighted by molar-refractivity contribution is -0.921. The van der Waals surface area contributed by atoms with Crippen molar-refractivity contribution in [2.24, 2.45) is 5.92 Å². The second kappa shape index (κ2) is 8.78. The van der Waals surface area contributed by atoms with Crippen molar-refractivity contribution in [3.63, 3.8) is 0 Å². The molecule has 1 heterocycles. The van der Waals surface area contributed by atoms with E-state index in [9.17, 15) is 14.0 Å². The molecular formula is C18H26FN2O3+. The fraction of sp³-hybridized carbons (Fsp3) is 0.556. The number of benzene rings is 1. The number of piperidine rings is 1. The van der Waals surface area contributed by atoms with E-state index in [0.717, 1.165) is 29.8 Å². The highest BCUT2D eigenvalue weighted by atomic mass is 19.1. The molecule has 3 atom stereocenters. The molecule has 1 aromatic rings. The van der Waals surface area contributed by atoms with Crippen LogP contribution in [0.1, 0.15) is 32.3 Å². The van der Waals surface area contributed by atoms with Crippen LogP contribution in [-0.4, -0.2) is 37.6 Å². The lowest BCUT2D eigenvalue weighted by Crippen LogP contribution is -3.18. The van der Waals surface area contributed by atoms with E-state index in [1.807, 2.05) is 6.92 Å². The first kappa shape index (κ1) is 18.4. The third-order valence-electron chi connectivity index (χ3n) is 4.56. The lowest BCUT2D eigenvalue weighted by atomic mass is 9.97. The summed E-state index contributed by atoms with van der Waals surface area (Å²) in [6.07, 6.45) is 1.74. The van der Waals surface area contributed by atoms with Gasteiger partial charge in [-0.15, -0.1) is 0 Å². The Hall–Kier alpha value is -1.95. The largest absolute Gasteiger partial charge is 0.466 e. The van der Waals surface area contributed by atoms with Crippen molar-refractivity contribution in [3.8, 4) is 0 Å². The number of nitrogens with one attached hydrogen (secondary N) is 2. The van der Waals surface area contributed by atoms with Gasteiger partial charge in [0.05, 0.1) is 19.7 Å². The molecule has 1 amide bonds. The number of halogens is 1. The summed E-state index contributed by atoms with van der Waals surface area (Å²) >= 11 is 0. The SMILES string of the molecule is CCOC(=O)[C@@H]1CCC[NH+]([C@@H](C)C(=O)NCc2ccc(F)cc2)C1. The molecule has 1 aliphatic rings. The Morgan fingerprint density at radius 1 is 1.38 bits per heavy atom. The van der Waals surface area contributed by atoms with E-state index in [1.165, 1.54) is 12.1 Å². The van der Waals surface area contributed by atoms with Gasteiger partial charge in [-0.05, 0) is 44.4 Å². The number of ether oxygens (including phenoxy) is 1. The minimum atomic E-state index is -0.291. The molecule has 2 rings (SSSR count). The molecule has 0 radical (unpaired) electrons. The topological polar surface area (TPSA) is 59.8 Å². The fourth-order valence-corrected chi connectivity index (χ4v) is 3.08. The molecule has 0 saturated carbocycles. The van der Waals surface area contributed by atoms with Crippen molar-refractivity contribution in [3.05, 3.63) is 35.6 Å². The normalized spacial score (nSPS) is 21.8. The van der Waals surface area contributed by atoms with Crippen LogP contribution in [0.15, 0.2) is 24.3 Å². The zero-order valence-electron chi connectivity index (χ0n) is 14.3. The minimum Gasteiger partial charge on any atom is -0.466 e. The summed E-state index contributed by atoms with van der Waals surface area (Å²) in [7, 11) is 0. The molecule has 0 spiro atoms. The van der Waals surface area contributed by atoms with Crippen LogP contribution in [-0.2, 0) is 20.9 Å². The number of amides is 1. The minimum absolute atomic E-state index is 0.0566. The maximum Gasteiger partial charge on any atom is 0.314 e. The standard InChI is InChI=1S/C18H25FN2O3/c1-3-24-18(23)15-5-4-10-21(12-15)13(2)17(22)20-11-14-6-8-16(19)9-7-14/h6-9,13,15H,3-5,10-12H2,1-2H3,(H,20,22)/p+1/t13-,15+/m0/s1. The summed E-state index contributed by atoms with van der Waals surface area (Å²) < 4.78 is 18.0. The van der Waals surface area contributed by atoms with Gasteiger partial charge in [0.25, 0.3) is 5.91 Å². The number of esters is 1. The number of quaternary nitrogens is 1. The summed E-state index contributed by atoms with van der Waals surface area (Å²) in [5.74, 6) is -0.630. The number of likely N-dealkylation sites (tertiary alicyclic amines) is 1. The summed E-state index contributed by atoms with van der Waals surface area (Å²) in [6, 6.07) is 5.84. The second-order valence-corrected chi connectivity index (χ2v) is 6.27. The van der Waals surface area contributed by atoms with Crippen LogP contribution >= 0.6 is 0 Å². The van der Waals surface area contributed by atoms with Crippen LogP contribution in [0.4, 0.5) is 4.39 Å². The van der Waals surface area contributed by atoms with E-state index in [-0.39, 0.29) is 29.7 Å². The van der Waals surface area contributed by atoms with Crippen molar-refractivity contribution in [2.75, 3.05) is 19.7 Å². The highest BCUT2D eigenvalue weighted by Crippen LogP contribution is 2.10. The highest BCUT2D eigenvalue weighted by molar-refractivity contribution is 5.80. The second-order valence-electron chi connectivity index (χ2n) is 6.27. The van der Waals surface area contributed by atoms with Crippen LogP contribution < -0.4 is 10.2 Å². The third kappa shape index (κ3) is 5.03. The average Bonchev–Trinajstić information content (AvgIpc) is 2.60. The summed E-state index contributed by atoms with van der Waals surface area (Å²) in [5, 5.41) is 2.89. The maximum absolute atomic E-state index is 12.9. The Kier molecular flexibility index (Phi) is 6.73. The Balaban J connectivity index is 1.85. The van der Waals surface area contributed by atoms with Crippen LogP contribution in [0, 0.1) is 11.7 Å². The summed E-state index contributed by atoms with van der Waals surface area (Å²) in [4.78, 5) is 25.4. The van der Waals surface area contributed by atoms with Gasteiger partial charge in [0.15, 0.2) is 6.04 Å². The van der Waals surface area contributed by atoms with Gasteiger partial charge in [0.2, 0.25) is 0 Å². The Morgan fingerprint density at radius 3 is 2.75 bits per heavy atom. The molecule has 0 aromatic heterocycles.